The molecule has 2 heterocycles. The third-order valence-electron chi connectivity index (χ3n) is 2.24. The lowest BCUT2D eigenvalue weighted by Gasteiger charge is -2.02. The van der Waals surface area contributed by atoms with Crippen molar-refractivity contribution in [1.29, 1.82) is 0 Å². The van der Waals surface area contributed by atoms with E-state index in [0.29, 0.717) is 5.56 Å². The van der Waals surface area contributed by atoms with Crippen LogP contribution in [0.4, 0.5) is 0 Å². The summed E-state index contributed by atoms with van der Waals surface area (Å²) in [5.41, 5.74) is 1.39. The Balaban J connectivity index is 0.000000771. The molecule has 0 spiro atoms. The summed E-state index contributed by atoms with van der Waals surface area (Å²) >= 11 is 0. The molecule has 0 aliphatic rings. The van der Waals surface area contributed by atoms with Crippen molar-refractivity contribution >= 4 is 16.8 Å². The SMILES string of the molecule is CC.CN(C)/C=C\C(=O)c1c[nH]c2ncccc12. The number of H-pyrrole nitrogens is 1. The van der Waals surface area contributed by atoms with Crippen LogP contribution < -0.4 is 0 Å². The minimum absolute atomic E-state index is 0.0204. The summed E-state index contributed by atoms with van der Waals surface area (Å²) in [5.74, 6) is -0.0204. The number of fused-ring (bicyclic) bond motifs is 1. The van der Waals surface area contributed by atoms with Crippen molar-refractivity contribution in [3.05, 3.63) is 42.4 Å². The van der Waals surface area contributed by atoms with E-state index in [1.807, 2.05) is 45.0 Å². The minimum Gasteiger partial charge on any atom is -0.383 e. The van der Waals surface area contributed by atoms with E-state index >= 15 is 0 Å². The normalized spacial score (nSPS) is 10.2. The Morgan fingerprint density at radius 1 is 1.39 bits per heavy atom. The number of nitrogens with zero attached hydrogens (tertiary/aromatic N) is 2. The predicted molar refractivity (Wildman–Crippen MR) is 74.6 cm³/mol. The standard InChI is InChI=1S/C12H13N3O.C2H6/c1-15(2)7-5-11(16)10-8-14-12-9(10)4-3-6-13-12;1-2/h3-8H,1-2H3,(H,13,14);1-2H3/b7-5-;. The highest BCUT2D eigenvalue weighted by atomic mass is 16.1. The first-order chi connectivity index (χ1) is 8.68. The summed E-state index contributed by atoms with van der Waals surface area (Å²) in [4.78, 5) is 20.8. The molecule has 0 aliphatic carbocycles. The van der Waals surface area contributed by atoms with E-state index in [0.717, 1.165) is 11.0 Å². The lowest BCUT2D eigenvalue weighted by molar-refractivity contribution is 0.104. The van der Waals surface area contributed by atoms with Crippen LogP contribution in [0.25, 0.3) is 11.0 Å². The van der Waals surface area contributed by atoms with Crippen LogP contribution in [0.3, 0.4) is 0 Å². The number of carbonyl (C=O) groups is 1. The molecule has 0 atom stereocenters. The van der Waals surface area contributed by atoms with Gasteiger partial charge in [-0.25, -0.2) is 4.98 Å². The second kappa shape index (κ2) is 6.59. The topological polar surface area (TPSA) is 49.0 Å². The molecule has 4 heteroatoms. The van der Waals surface area contributed by atoms with Gasteiger partial charge in [-0.05, 0) is 12.1 Å². The second-order valence-electron chi connectivity index (χ2n) is 3.75. The highest BCUT2D eigenvalue weighted by Crippen LogP contribution is 2.16. The van der Waals surface area contributed by atoms with Crippen molar-refractivity contribution in [1.82, 2.24) is 14.9 Å². The van der Waals surface area contributed by atoms with E-state index in [9.17, 15) is 4.79 Å². The molecule has 0 unspecified atom stereocenters. The van der Waals surface area contributed by atoms with Gasteiger partial charge in [0, 0.05) is 49.7 Å². The van der Waals surface area contributed by atoms with Gasteiger partial charge in [-0.1, -0.05) is 13.8 Å². The summed E-state index contributed by atoms with van der Waals surface area (Å²) in [5, 5.41) is 0.857. The largest absolute Gasteiger partial charge is 0.383 e. The van der Waals surface area contributed by atoms with E-state index in [4.69, 9.17) is 0 Å². The number of ketones is 1. The van der Waals surface area contributed by atoms with E-state index in [-0.39, 0.29) is 5.78 Å². The molecule has 2 aromatic heterocycles. The molecule has 1 N–H and O–H groups in total. The monoisotopic (exact) mass is 245 g/mol. The van der Waals surface area contributed by atoms with Crippen molar-refractivity contribution in [3.8, 4) is 0 Å². The molecule has 0 aliphatic heterocycles. The number of pyridine rings is 1. The number of rotatable bonds is 3. The van der Waals surface area contributed by atoms with Gasteiger partial charge in [0.15, 0.2) is 5.78 Å². The van der Waals surface area contributed by atoms with Gasteiger partial charge in [0.2, 0.25) is 0 Å². The summed E-state index contributed by atoms with van der Waals surface area (Å²) in [6.07, 6.45) is 6.68. The maximum Gasteiger partial charge on any atom is 0.189 e. The van der Waals surface area contributed by atoms with Crippen LogP contribution in [0.5, 0.6) is 0 Å². The van der Waals surface area contributed by atoms with Gasteiger partial charge in [-0.2, -0.15) is 0 Å². The van der Waals surface area contributed by atoms with E-state index < -0.39 is 0 Å². The molecule has 2 rings (SSSR count). The summed E-state index contributed by atoms with van der Waals surface area (Å²) in [6.45, 7) is 4.00. The van der Waals surface area contributed by atoms with Gasteiger partial charge in [0.25, 0.3) is 0 Å². The van der Waals surface area contributed by atoms with Crippen LogP contribution in [0.15, 0.2) is 36.8 Å². The molecule has 96 valence electrons. The average molecular weight is 245 g/mol. The maximum atomic E-state index is 11.9. The number of aromatic amines is 1. The Morgan fingerprint density at radius 2 is 2.11 bits per heavy atom. The van der Waals surface area contributed by atoms with Gasteiger partial charge in [0.05, 0.1) is 0 Å². The fourth-order valence-electron chi connectivity index (χ4n) is 1.47. The van der Waals surface area contributed by atoms with Gasteiger partial charge >= 0.3 is 0 Å². The van der Waals surface area contributed by atoms with E-state index in [1.54, 1.807) is 24.7 Å². The van der Waals surface area contributed by atoms with Crippen molar-refractivity contribution in [3.63, 3.8) is 0 Å². The van der Waals surface area contributed by atoms with Gasteiger partial charge < -0.3 is 9.88 Å². The van der Waals surface area contributed by atoms with Crippen LogP contribution in [0.2, 0.25) is 0 Å². The average Bonchev–Trinajstić information content (AvgIpc) is 2.82. The fourth-order valence-corrected chi connectivity index (χ4v) is 1.47. The van der Waals surface area contributed by atoms with Gasteiger partial charge in [0.1, 0.15) is 5.65 Å². The number of carbonyl (C=O) groups excluding carboxylic acids is 1. The molecule has 4 nitrogen and oxygen atoms in total. The predicted octanol–water partition coefficient (Wildman–Crippen LogP) is 2.85. The second-order valence-corrected chi connectivity index (χ2v) is 3.75. The molecule has 0 aromatic carbocycles. The third-order valence-corrected chi connectivity index (χ3v) is 2.24. The molecule has 0 saturated carbocycles. The molecule has 0 amide bonds. The Morgan fingerprint density at radius 3 is 2.78 bits per heavy atom. The number of hydrogen-bond acceptors (Lipinski definition) is 3. The molecular weight excluding hydrogens is 226 g/mol. The van der Waals surface area contributed by atoms with E-state index in [1.165, 1.54) is 0 Å². The van der Waals surface area contributed by atoms with Gasteiger partial charge in [-0.15, -0.1) is 0 Å². The summed E-state index contributed by atoms with van der Waals surface area (Å²) < 4.78 is 0. The Hall–Kier alpha value is -2.10. The fraction of sp³-hybridized carbons (Fsp3) is 0.286. The van der Waals surface area contributed by atoms with Crippen molar-refractivity contribution in [2.75, 3.05) is 14.1 Å². The Kier molecular flexibility index (Phi) is 5.11. The first-order valence-corrected chi connectivity index (χ1v) is 5.99. The Labute approximate surface area is 107 Å². The molecular formula is C14H19N3O. The van der Waals surface area contributed by atoms with E-state index in [2.05, 4.69) is 9.97 Å². The number of hydrogen-bond donors (Lipinski definition) is 1. The first kappa shape index (κ1) is 14.0. The van der Waals surface area contributed by atoms with Crippen LogP contribution in [0, 0.1) is 0 Å². The van der Waals surface area contributed by atoms with Gasteiger partial charge in [-0.3, -0.25) is 4.79 Å². The van der Waals surface area contributed by atoms with Crippen molar-refractivity contribution in [2.45, 2.75) is 13.8 Å². The smallest absolute Gasteiger partial charge is 0.189 e. The highest BCUT2D eigenvalue weighted by Gasteiger charge is 2.09. The molecule has 0 fully saturated rings. The zero-order valence-electron chi connectivity index (χ0n) is 11.3. The summed E-state index contributed by atoms with van der Waals surface area (Å²) in [6, 6.07) is 3.71. The molecule has 2 aromatic rings. The van der Waals surface area contributed by atoms with Crippen LogP contribution in [-0.4, -0.2) is 34.7 Å². The van der Waals surface area contributed by atoms with Crippen LogP contribution in [0.1, 0.15) is 24.2 Å². The summed E-state index contributed by atoms with van der Waals surface area (Å²) in [7, 11) is 3.75. The quantitative estimate of drug-likeness (QED) is 0.668. The van der Waals surface area contributed by atoms with Crippen LogP contribution in [-0.2, 0) is 0 Å². The zero-order valence-corrected chi connectivity index (χ0v) is 11.3. The number of aromatic nitrogens is 2. The zero-order chi connectivity index (χ0) is 13.5. The highest BCUT2D eigenvalue weighted by molar-refractivity contribution is 6.12. The molecule has 18 heavy (non-hydrogen) atoms. The molecule has 0 bridgehead atoms. The minimum atomic E-state index is -0.0204. The molecule has 0 radical (unpaired) electrons. The van der Waals surface area contributed by atoms with Crippen molar-refractivity contribution < 1.29 is 4.79 Å². The van der Waals surface area contributed by atoms with Crippen molar-refractivity contribution in [2.24, 2.45) is 0 Å². The third kappa shape index (κ3) is 3.20. The number of allylic oxidation sites excluding steroid dienone is 1. The lowest BCUT2D eigenvalue weighted by atomic mass is 10.1. The first-order valence-electron chi connectivity index (χ1n) is 5.99. The molecule has 0 saturated heterocycles. The lowest BCUT2D eigenvalue weighted by Crippen LogP contribution is -2.02. The maximum absolute atomic E-state index is 11.9. The van der Waals surface area contributed by atoms with Crippen LogP contribution >= 0.6 is 0 Å². The number of nitrogens with one attached hydrogen (secondary N) is 1. The Bertz CT molecular complexity index is 541.